The number of nitrogens with zero attached hydrogens (tertiary/aromatic N) is 1. The minimum atomic E-state index is -0.315. The third-order valence-corrected chi connectivity index (χ3v) is 4.27. The molecule has 0 aromatic heterocycles. The number of nitrogens with two attached hydrogens (primary N) is 1. The van der Waals surface area contributed by atoms with Gasteiger partial charge in [0.05, 0.1) is 6.61 Å². The van der Waals surface area contributed by atoms with Crippen LogP contribution in [0.4, 0.5) is 0 Å². The van der Waals surface area contributed by atoms with Crippen LogP contribution in [-0.2, 0) is 9.53 Å². The SMILES string of the molecule is CC(OCC1CC1)C(=O)N1CCCC(C)C1CN. The Hall–Kier alpha value is -0.610. The van der Waals surface area contributed by atoms with Gasteiger partial charge in [0.15, 0.2) is 0 Å². The van der Waals surface area contributed by atoms with Crippen molar-refractivity contribution in [2.24, 2.45) is 17.6 Å². The third kappa shape index (κ3) is 3.23. The first-order valence-electron chi connectivity index (χ1n) is 7.25. The second kappa shape index (κ2) is 6.02. The van der Waals surface area contributed by atoms with Crippen molar-refractivity contribution in [3.05, 3.63) is 0 Å². The average molecular weight is 254 g/mol. The molecule has 3 unspecified atom stereocenters. The zero-order valence-corrected chi connectivity index (χ0v) is 11.6. The molecular weight excluding hydrogens is 228 g/mol. The minimum absolute atomic E-state index is 0.123. The monoisotopic (exact) mass is 254 g/mol. The lowest BCUT2D eigenvalue weighted by Crippen LogP contribution is -2.54. The van der Waals surface area contributed by atoms with Crippen molar-refractivity contribution in [1.82, 2.24) is 4.90 Å². The highest BCUT2D eigenvalue weighted by molar-refractivity contribution is 5.81. The van der Waals surface area contributed by atoms with E-state index in [0.717, 1.165) is 19.6 Å². The maximum absolute atomic E-state index is 12.4. The lowest BCUT2D eigenvalue weighted by atomic mass is 9.90. The van der Waals surface area contributed by atoms with Crippen LogP contribution in [0.2, 0.25) is 0 Å². The number of carbonyl (C=O) groups is 1. The number of amides is 1. The summed E-state index contributed by atoms with van der Waals surface area (Å²) < 4.78 is 5.68. The van der Waals surface area contributed by atoms with E-state index >= 15 is 0 Å². The van der Waals surface area contributed by atoms with E-state index in [4.69, 9.17) is 10.5 Å². The summed E-state index contributed by atoms with van der Waals surface area (Å²) in [6.45, 7) is 6.19. The van der Waals surface area contributed by atoms with Gasteiger partial charge in [-0.1, -0.05) is 6.92 Å². The fourth-order valence-corrected chi connectivity index (χ4v) is 2.75. The van der Waals surface area contributed by atoms with Crippen molar-refractivity contribution < 1.29 is 9.53 Å². The van der Waals surface area contributed by atoms with Gasteiger partial charge in [-0.15, -0.1) is 0 Å². The van der Waals surface area contributed by atoms with Crippen LogP contribution < -0.4 is 5.73 Å². The van der Waals surface area contributed by atoms with Crippen LogP contribution in [0.15, 0.2) is 0 Å². The molecule has 0 aromatic rings. The van der Waals surface area contributed by atoms with Crippen LogP contribution >= 0.6 is 0 Å². The summed E-state index contributed by atoms with van der Waals surface area (Å²) in [6.07, 6.45) is 4.45. The highest BCUT2D eigenvalue weighted by Crippen LogP contribution is 2.29. The quantitative estimate of drug-likeness (QED) is 0.806. The predicted octanol–water partition coefficient (Wildman–Crippen LogP) is 1.39. The van der Waals surface area contributed by atoms with Gasteiger partial charge < -0.3 is 15.4 Å². The molecule has 18 heavy (non-hydrogen) atoms. The average Bonchev–Trinajstić information content (AvgIpc) is 3.18. The lowest BCUT2D eigenvalue weighted by molar-refractivity contribution is -0.147. The van der Waals surface area contributed by atoms with Gasteiger partial charge >= 0.3 is 0 Å². The van der Waals surface area contributed by atoms with Gasteiger partial charge in [-0.3, -0.25) is 4.79 Å². The van der Waals surface area contributed by atoms with Gasteiger partial charge in [-0.2, -0.15) is 0 Å². The van der Waals surface area contributed by atoms with Crippen LogP contribution in [0.1, 0.15) is 39.5 Å². The Labute approximate surface area is 110 Å². The molecule has 0 bridgehead atoms. The lowest BCUT2D eigenvalue weighted by Gasteiger charge is -2.40. The molecule has 1 saturated carbocycles. The van der Waals surface area contributed by atoms with E-state index in [1.165, 1.54) is 19.3 Å². The van der Waals surface area contributed by atoms with Crippen molar-refractivity contribution in [2.45, 2.75) is 51.7 Å². The van der Waals surface area contributed by atoms with Gasteiger partial charge in [0.25, 0.3) is 5.91 Å². The molecule has 3 atom stereocenters. The number of rotatable bonds is 5. The van der Waals surface area contributed by atoms with Gasteiger partial charge in [0, 0.05) is 19.1 Å². The fraction of sp³-hybridized carbons (Fsp3) is 0.929. The van der Waals surface area contributed by atoms with Gasteiger partial charge in [-0.25, -0.2) is 0 Å². The third-order valence-electron chi connectivity index (χ3n) is 4.27. The van der Waals surface area contributed by atoms with Crippen molar-refractivity contribution >= 4 is 5.91 Å². The highest BCUT2D eigenvalue weighted by atomic mass is 16.5. The Morgan fingerprint density at radius 3 is 2.78 bits per heavy atom. The zero-order chi connectivity index (χ0) is 13.1. The summed E-state index contributed by atoms with van der Waals surface area (Å²) in [7, 11) is 0. The summed E-state index contributed by atoms with van der Waals surface area (Å²) >= 11 is 0. The smallest absolute Gasteiger partial charge is 0.251 e. The predicted molar refractivity (Wildman–Crippen MR) is 71.1 cm³/mol. The first-order chi connectivity index (χ1) is 8.63. The van der Waals surface area contributed by atoms with E-state index in [2.05, 4.69) is 6.92 Å². The normalized spacial score (nSPS) is 30.3. The molecule has 1 aliphatic heterocycles. The van der Waals surface area contributed by atoms with Crippen molar-refractivity contribution in [3.8, 4) is 0 Å². The van der Waals surface area contributed by atoms with E-state index in [1.54, 1.807) is 0 Å². The van der Waals surface area contributed by atoms with Crippen molar-refractivity contribution in [3.63, 3.8) is 0 Å². The number of ether oxygens (including phenoxy) is 1. The van der Waals surface area contributed by atoms with E-state index in [1.807, 2.05) is 11.8 Å². The molecule has 0 spiro atoms. The molecule has 0 radical (unpaired) electrons. The Morgan fingerprint density at radius 2 is 2.17 bits per heavy atom. The van der Waals surface area contributed by atoms with Crippen LogP contribution in [0, 0.1) is 11.8 Å². The van der Waals surface area contributed by atoms with E-state index in [0.29, 0.717) is 18.4 Å². The van der Waals surface area contributed by atoms with Gasteiger partial charge in [0.1, 0.15) is 6.10 Å². The molecular formula is C14H26N2O2. The first-order valence-corrected chi connectivity index (χ1v) is 7.25. The van der Waals surface area contributed by atoms with E-state index in [9.17, 15) is 4.79 Å². The number of hydrogen-bond acceptors (Lipinski definition) is 3. The molecule has 104 valence electrons. The Balaban J connectivity index is 1.88. The number of piperidine rings is 1. The summed E-state index contributed by atoms with van der Waals surface area (Å²) in [4.78, 5) is 14.3. The van der Waals surface area contributed by atoms with Crippen LogP contribution in [0.3, 0.4) is 0 Å². The summed E-state index contributed by atoms with van der Waals surface area (Å²) in [5.74, 6) is 1.33. The molecule has 1 saturated heterocycles. The maximum Gasteiger partial charge on any atom is 0.251 e. The molecule has 1 aliphatic carbocycles. The first kappa shape index (κ1) is 13.8. The van der Waals surface area contributed by atoms with Gasteiger partial charge in [0.2, 0.25) is 0 Å². The zero-order valence-electron chi connectivity index (χ0n) is 11.6. The topological polar surface area (TPSA) is 55.6 Å². The van der Waals surface area contributed by atoms with Crippen molar-refractivity contribution in [2.75, 3.05) is 19.7 Å². The molecule has 1 amide bonds. The summed E-state index contributed by atoms with van der Waals surface area (Å²) in [5.41, 5.74) is 5.82. The molecule has 2 N–H and O–H groups in total. The largest absolute Gasteiger partial charge is 0.368 e. The Bertz CT molecular complexity index is 292. The van der Waals surface area contributed by atoms with Crippen LogP contribution in [0.25, 0.3) is 0 Å². The summed E-state index contributed by atoms with van der Waals surface area (Å²) in [6, 6.07) is 0.193. The number of hydrogen-bond donors (Lipinski definition) is 1. The number of likely N-dealkylation sites (tertiary alicyclic amines) is 1. The van der Waals surface area contributed by atoms with Crippen LogP contribution in [0.5, 0.6) is 0 Å². The Kier molecular flexibility index (Phi) is 4.62. The van der Waals surface area contributed by atoms with Crippen molar-refractivity contribution in [1.29, 1.82) is 0 Å². The molecule has 4 nitrogen and oxygen atoms in total. The van der Waals surface area contributed by atoms with Crippen LogP contribution in [-0.4, -0.2) is 42.6 Å². The van der Waals surface area contributed by atoms with Gasteiger partial charge in [-0.05, 0) is 44.4 Å². The fourth-order valence-electron chi connectivity index (χ4n) is 2.75. The minimum Gasteiger partial charge on any atom is -0.368 e. The second-order valence-corrected chi connectivity index (χ2v) is 5.87. The molecule has 2 aliphatic rings. The second-order valence-electron chi connectivity index (χ2n) is 5.87. The standard InChI is InChI=1S/C14H26N2O2/c1-10-4-3-7-16(13(10)8-15)14(17)11(2)18-9-12-5-6-12/h10-13H,3-9,15H2,1-2H3. The van der Waals surface area contributed by atoms with E-state index < -0.39 is 0 Å². The summed E-state index contributed by atoms with van der Waals surface area (Å²) in [5, 5.41) is 0. The molecule has 2 rings (SSSR count). The molecule has 0 aromatic carbocycles. The molecule has 2 fully saturated rings. The molecule has 4 heteroatoms. The Morgan fingerprint density at radius 1 is 1.44 bits per heavy atom. The maximum atomic E-state index is 12.4. The van der Waals surface area contributed by atoms with E-state index in [-0.39, 0.29) is 18.1 Å². The molecule has 1 heterocycles. The number of carbonyl (C=O) groups excluding carboxylic acids is 1. The highest BCUT2D eigenvalue weighted by Gasteiger charge is 2.33.